The summed E-state index contributed by atoms with van der Waals surface area (Å²) in [5, 5.41) is -0.223. The Hall–Kier alpha value is -1.07. The average Bonchev–Trinajstić information content (AvgIpc) is 2.46. The summed E-state index contributed by atoms with van der Waals surface area (Å²) < 4.78 is 23.6. The van der Waals surface area contributed by atoms with E-state index in [0.29, 0.717) is 6.42 Å². The van der Waals surface area contributed by atoms with Crippen molar-refractivity contribution >= 4 is 15.5 Å². The molecule has 3 atom stereocenters. The van der Waals surface area contributed by atoms with Crippen molar-refractivity contribution in [2.75, 3.05) is 25.3 Å². The molecule has 0 radical (unpaired) electrons. The molecular weight excluding hydrogens is 284 g/mol. The number of sulfone groups is 1. The minimum Gasteiger partial charge on any atom is -0.378 e. The molecule has 1 fully saturated rings. The minimum atomic E-state index is -2.96. The van der Waals surface area contributed by atoms with Gasteiger partial charge in [0, 0.05) is 32.1 Å². The van der Waals surface area contributed by atoms with E-state index in [0.717, 1.165) is 30.5 Å². The Kier molecular flexibility index (Phi) is 4.94. The lowest BCUT2D eigenvalue weighted by atomic mass is 9.81. The van der Waals surface area contributed by atoms with Crippen molar-refractivity contribution in [2.24, 2.45) is 11.7 Å². The number of hydrogen-bond donors (Lipinski definition) is 1. The van der Waals surface area contributed by atoms with Gasteiger partial charge in [-0.25, -0.2) is 8.42 Å². The molecule has 2 rings (SSSR count). The van der Waals surface area contributed by atoms with Gasteiger partial charge >= 0.3 is 0 Å². The van der Waals surface area contributed by atoms with E-state index in [9.17, 15) is 8.42 Å². The van der Waals surface area contributed by atoms with Gasteiger partial charge in [0.25, 0.3) is 0 Å². The summed E-state index contributed by atoms with van der Waals surface area (Å²) in [6.07, 6.45) is 4.77. The third-order valence-electron chi connectivity index (χ3n) is 4.55. The highest BCUT2D eigenvalue weighted by Crippen LogP contribution is 2.36. The second-order valence-electron chi connectivity index (χ2n) is 6.39. The predicted molar refractivity (Wildman–Crippen MR) is 88.3 cm³/mol. The van der Waals surface area contributed by atoms with E-state index >= 15 is 0 Å². The third-order valence-corrected chi connectivity index (χ3v) is 6.19. The van der Waals surface area contributed by atoms with Crippen LogP contribution in [0, 0.1) is 5.92 Å². The highest BCUT2D eigenvalue weighted by molar-refractivity contribution is 7.91. The van der Waals surface area contributed by atoms with Crippen LogP contribution in [0.15, 0.2) is 24.3 Å². The maximum absolute atomic E-state index is 11.8. The lowest BCUT2D eigenvalue weighted by Crippen LogP contribution is -2.33. The standard InChI is InChI=1S/C16H26N2O2S/c1-18(2)14-8-4-6-12(10-14)16(17)13-7-5-9-15(11-13)21(3,19)20/h4,6,8,10,13,15-16H,5,7,9,11,17H2,1-3H3. The summed E-state index contributed by atoms with van der Waals surface area (Å²) >= 11 is 0. The Morgan fingerprint density at radius 2 is 2.00 bits per heavy atom. The summed E-state index contributed by atoms with van der Waals surface area (Å²) in [4.78, 5) is 2.05. The van der Waals surface area contributed by atoms with Gasteiger partial charge in [-0.05, 0) is 42.9 Å². The van der Waals surface area contributed by atoms with E-state index in [2.05, 4.69) is 17.0 Å². The Labute approximate surface area is 128 Å². The zero-order chi connectivity index (χ0) is 15.6. The second-order valence-corrected chi connectivity index (χ2v) is 8.72. The van der Waals surface area contributed by atoms with Gasteiger partial charge in [-0.1, -0.05) is 18.6 Å². The Balaban J connectivity index is 2.16. The van der Waals surface area contributed by atoms with E-state index in [1.165, 1.54) is 6.26 Å². The number of anilines is 1. The lowest BCUT2D eigenvalue weighted by Gasteiger charge is -2.32. The van der Waals surface area contributed by atoms with Crippen LogP contribution in [0.2, 0.25) is 0 Å². The zero-order valence-corrected chi connectivity index (χ0v) is 13.9. The highest BCUT2D eigenvalue weighted by Gasteiger charge is 2.32. The van der Waals surface area contributed by atoms with Gasteiger partial charge < -0.3 is 10.6 Å². The predicted octanol–water partition coefficient (Wildman–Crippen LogP) is 2.36. The molecule has 0 amide bonds. The molecule has 2 N–H and O–H groups in total. The molecule has 0 spiro atoms. The molecule has 1 aliphatic rings. The van der Waals surface area contributed by atoms with E-state index in [1.807, 2.05) is 26.2 Å². The van der Waals surface area contributed by atoms with Crippen molar-refractivity contribution in [3.05, 3.63) is 29.8 Å². The highest BCUT2D eigenvalue weighted by atomic mass is 32.2. The van der Waals surface area contributed by atoms with Crippen LogP contribution in [0.5, 0.6) is 0 Å². The van der Waals surface area contributed by atoms with Crippen LogP contribution in [-0.4, -0.2) is 34.0 Å². The van der Waals surface area contributed by atoms with Crippen molar-refractivity contribution < 1.29 is 8.42 Å². The van der Waals surface area contributed by atoms with Crippen LogP contribution in [0.25, 0.3) is 0 Å². The first-order valence-electron chi connectivity index (χ1n) is 7.51. The maximum atomic E-state index is 11.8. The van der Waals surface area contributed by atoms with Crippen LogP contribution in [0.1, 0.15) is 37.3 Å². The number of nitrogens with zero attached hydrogens (tertiary/aromatic N) is 1. The SMILES string of the molecule is CN(C)c1cccc(C(N)C2CCCC(S(C)(=O)=O)C2)c1. The first kappa shape index (κ1) is 16.3. The molecule has 1 aromatic rings. The number of benzene rings is 1. The third kappa shape index (κ3) is 3.98. The molecule has 118 valence electrons. The fourth-order valence-electron chi connectivity index (χ4n) is 3.18. The first-order chi connectivity index (χ1) is 9.79. The normalized spacial score (nSPS) is 24.6. The van der Waals surface area contributed by atoms with Gasteiger partial charge in [0.2, 0.25) is 0 Å². The zero-order valence-electron chi connectivity index (χ0n) is 13.1. The molecule has 0 saturated heterocycles. The fraction of sp³-hybridized carbons (Fsp3) is 0.625. The van der Waals surface area contributed by atoms with Gasteiger partial charge in [0.05, 0.1) is 5.25 Å². The number of nitrogens with two attached hydrogens (primary N) is 1. The number of hydrogen-bond acceptors (Lipinski definition) is 4. The molecule has 5 heteroatoms. The van der Waals surface area contributed by atoms with E-state index < -0.39 is 9.84 Å². The van der Waals surface area contributed by atoms with Gasteiger partial charge in [-0.15, -0.1) is 0 Å². The molecule has 0 heterocycles. The van der Waals surface area contributed by atoms with Crippen LogP contribution >= 0.6 is 0 Å². The van der Waals surface area contributed by atoms with Crippen molar-refractivity contribution in [1.29, 1.82) is 0 Å². The molecular formula is C16H26N2O2S. The van der Waals surface area contributed by atoms with Gasteiger partial charge in [-0.3, -0.25) is 0 Å². The summed E-state index contributed by atoms with van der Waals surface area (Å²) in [6.45, 7) is 0. The quantitative estimate of drug-likeness (QED) is 0.927. The molecule has 21 heavy (non-hydrogen) atoms. The topological polar surface area (TPSA) is 63.4 Å². The fourth-order valence-corrected chi connectivity index (χ4v) is 4.37. The summed E-state index contributed by atoms with van der Waals surface area (Å²) in [7, 11) is 1.05. The van der Waals surface area contributed by atoms with Crippen molar-refractivity contribution in [1.82, 2.24) is 0 Å². The molecule has 1 aliphatic carbocycles. The molecule has 4 nitrogen and oxygen atoms in total. The second kappa shape index (κ2) is 6.36. The molecule has 1 saturated carbocycles. The van der Waals surface area contributed by atoms with E-state index in [1.54, 1.807) is 0 Å². The van der Waals surface area contributed by atoms with E-state index in [-0.39, 0.29) is 17.2 Å². The minimum absolute atomic E-state index is 0.0885. The molecule has 0 bridgehead atoms. The van der Waals surface area contributed by atoms with Gasteiger partial charge in [0.1, 0.15) is 9.84 Å². The monoisotopic (exact) mass is 310 g/mol. The van der Waals surface area contributed by atoms with Crippen molar-refractivity contribution in [2.45, 2.75) is 37.0 Å². The number of rotatable bonds is 4. The van der Waals surface area contributed by atoms with Gasteiger partial charge in [0.15, 0.2) is 0 Å². The van der Waals surface area contributed by atoms with E-state index in [4.69, 9.17) is 5.73 Å². The van der Waals surface area contributed by atoms with Crippen molar-refractivity contribution in [3.8, 4) is 0 Å². The maximum Gasteiger partial charge on any atom is 0.150 e. The summed E-state index contributed by atoms with van der Waals surface area (Å²) in [5.41, 5.74) is 8.65. The van der Waals surface area contributed by atoms with Crippen LogP contribution in [-0.2, 0) is 9.84 Å². The van der Waals surface area contributed by atoms with Crippen LogP contribution in [0.3, 0.4) is 0 Å². The smallest absolute Gasteiger partial charge is 0.150 e. The molecule has 0 aliphatic heterocycles. The molecule has 3 unspecified atom stereocenters. The Bertz CT molecular complexity index is 584. The van der Waals surface area contributed by atoms with Crippen LogP contribution in [0.4, 0.5) is 5.69 Å². The first-order valence-corrected chi connectivity index (χ1v) is 9.46. The Morgan fingerprint density at radius 1 is 1.29 bits per heavy atom. The lowest BCUT2D eigenvalue weighted by molar-refractivity contribution is 0.309. The van der Waals surface area contributed by atoms with Gasteiger partial charge in [-0.2, -0.15) is 0 Å². The Morgan fingerprint density at radius 3 is 2.62 bits per heavy atom. The largest absolute Gasteiger partial charge is 0.378 e. The van der Waals surface area contributed by atoms with Crippen molar-refractivity contribution in [3.63, 3.8) is 0 Å². The average molecular weight is 310 g/mol. The molecule has 1 aromatic carbocycles. The van der Waals surface area contributed by atoms with Crippen LogP contribution < -0.4 is 10.6 Å². The summed E-state index contributed by atoms with van der Waals surface area (Å²) in [5.74, 6) is 0.246. The molecule has 0 aromatic heterocycles. The summed E-state index contributed by atoms with van der Waals surface area (Å²) in [6, 6.07) is 8.13.